The van der Waals surface area contributed by atoms with Crippen molar-refractivity contribution < 1.29 is 83.3 Å². The van der Waals surface area contributed by atoms with Crippen LogP contribution >= 0.6 is 7.37 Å². The van der Waals surface area contributed by atoms with Gasteiger partial charge in [-0.3, -0.25) is 4.79 Å². The van der Waals surface area contributed by atoms with E-state index in [1.165, 1.54) is 11.3 Å². The molecule has 1 heterocycles. The second-order valence-corrected chi connectivity index (χ2v) is 11.3. The summed E-state index contributed by atoms with van der Waals surface area (Å²) in [6, 6.07) is 8.88. The molecular weight excluding hydrogens is 447 g/mol. The third-order valence-corrected chi connectivity index (χ3v) is 8.43. The maximum atomic E-state index is 12.7. The Morgan fingerprint density at radius 2 is 1.66 bits per heavy atom. The molecule has 2 fully saturated rings. The fourth-order valence-electron chi connectivity index (χ4n) is 5.02. The average Bonchev–Trinajstić information content (AvgIpc) is 3.19. The molecule has 3 atom stereocenters. The molecule has 0 radical (unpaired) electrons. The number of carboxylic acids is 1. The van der Waals surface area contributed by atoms with Gasteiger partial charge in [0.1, 0.15) is 0 Å². The second kappa shape index (κ2) is 14.7. The van der Waals surface area contributed by atoms with E-state index in [0.29, 0.717) is 25.3 Å². The quantitative estimate of drug-likeness (QED) is 0.206. The summed E-state index contributed by atoms with van der Waals surface area (Å²) in [7, 11) is -3.89. The van der Waals surface area contributed by atoms with E-state index in [0.717, 1.165) is 44.1 Å². The number of amides is 1. The summed E-state index contributed by atoms with van der Waals surface area (Å²) < 4.78 is 12.5. The van der Waals surface area contributed by atoms with Crippen LogP contribution in [0, 0.1) is 11.8 Å². The molecule has 3 rings (SSSR count). The summed E-state index contributed by atoms with van der Waals surface area (Å²) in [5, 5.41) is 11.6. The first kappa shape index (κ1) is 30.4. The molecule has 1 aliphatic heterocycles. The van der Waals surface area contributed by atoms with Crippen molar-refractivity contribution >= 4 is 19.2 Å². The molecule has 1 aromatic carbocycles. The van der Waals surface area contributed by atoms with Crippen LogP contribution in [0.4, 0.5) is 0 Å². The average molecular weight is 479 g/mol. The minimum absolute atomic E-state index is 0. The van der Waals surface area contributed by atoms with Crippen molar-refractivity contribution in [3.63, 3.8) is 0 Å². The van der Waals surface area contributed by atoms with E-state index in [4.69, 9.17) is 0 Å². The predicted molar refractivity (Wildman–Crippen MR) is 112 cm³/mol. The van der Waals surface area contributed by atoms with E-state index in [2.05, 4.69) is 0 Å². The number of hydrogen-bond donors (Lipinski definition) is 0. The fourth-order valence-corrected chi connectivity index (χ4v) is 6.47. The molecule has 6 nitrogen and oxygen atoms in total. The van der Waals surface area contributed by atoms with Crippen molar-refractivity contribution in [2.45, 2.75) is 63.8 Å². The van der Waals surface area contributed by atoms with Gasteiger partial charge in [0.2, 0.25) is 5.91 Å². The summed E-state index contributed by atoms with van der Waals surface area (Å²) >= 11 is 0. The molecule has 0 bridgehead atoms. The maximum Gasteiger partial charge on any atom is 1.00 e. The van der Waals surface area contributed by atoms with Gasteiger partial charge in [-0.2, -0.15) is 0 Å². The van der Waals surface area contributed by atoms with Crippen molar-refractivity contribution in [1.29, 1.82) is 0 Å². The zero-order chi connectivity index (χ0) is 21.6. The molecule has 1 aliphatic carbocycles. The van der Waals surface area contributed by atoms with E-state index in [1.807, 2.05) is 30.3 Å². The zero-order valence-electron chi connectivity index (χ0n) is 19.5. The number of hydrogen-bond acceptors (Lipinski definition) is 5. The number of nitrogens with zero attached hydrogens (tertiary/aromatic N) is 1. The number of carbonyl (C=O) groups excluding carboxylic acids is 2. The summed E-state index contributed by atoms with van der Waals surface area (Å²) in [6.45, 7) is 0.343. The summed E-state index contributed by atoms with van der Waals surface area (Å²) in [6.07, 6.45) is 7.43. The van der Waals surface area contributed by atoms with Crippen LogP contribution in [0.5, 0.6) is 0 Å². The zero-order valence-corrected chi connectivity index (χ0v) is 24.4. The minimum atomic E-state index is -3.89. The smallest absolute Gasteiger partial charge is 0.799 e. The van der Waals surface area contributed by atoms with Crippen LogP contribution in [0.25, 0.3) is 0 Å². The Kier molecular flexibility index (Phi) is 13.9. The largest absolute Gasteiger partial charge is 1.00 e. The van der Waals surface area contributed by atoms with Crippen LogP contribution in [0.1, 0.15) is 56.9 Å². The number of carbonyl (C=O) groups is 2. The molecule has 1 amide bonds. The minimum Gasteiger partial charge on any atom is -0.799 e. The van der Waals surface area contributed by atoms with Crippen molar-refractivity contribution in [2.75, 3.05) is 18.9 Å². The third-order valence-electron chi connectivity index (χ3n) is 6.68. The van der Waals surface area contributed by atoms with E-state index in [9.17, 15) is 24.2 Å². The molecule has 1 saturated carbocycles. The number of likely N-dealkylation sites (tertiary alicyclic amines) is 1. The monoisotopic (exact) mass is 479 g/mol. The van der Waals surface area contributed by atoms with Crippen LogP contribution in [0.3, 0.4) is 0 Å². The van der Waals surface area contributed by atoms with Gasteiger partial charge < -0.3 is 24.3 Å². The molecule has 2 aliphatic rings. The molecule has 166 valence electrons. The summed E-state index contributed by atoms with van der Waals surface area (Å²) in [5.74, 6) is -1.29. The number of aliphatic carboxylic acids is 1. The first-order chi connectivity index (χ1) is 14.4. The molecule has 1 aromatic rings. The van der Waals surface area contributed by atoms with Gasteiger partial charge in [-0.25, -0.2) is 0 Å². The van der Waals surface area contributed by atoms with Gasteiger partial charge in [0.25, 0.3) is 0 Å². The van der Waals surface area contributed by atoms with Crippen molar-refractivity contribution in [3.05, 3.63) is 35.9 Å². The van der Waals surface area contributed by atoms with Gasteiger partial charge in [0, 0.05) is 13.9 Å². The summed E-state index contributed by atoms with van der Waals surface area (Å²) in [4.78, 5) is 38.1. The Morgan fingerprint density at radius 3 is 2.28 bits per heavy atom. The SMILES string of the molecule is O=C([O-])[C@H]1C[C@@H](C2CCCCC2)CN1C(=O)CP(=O)([O-])CCCCc1ccccc1.[Na+].[Na+]. The topological polar surface area (TPSA) is 101 Å². The Bertz CT molecular complexity index is 773. The number of aryl methyl sites for hydroxylation is 1. The normalized spacial score (nSPS) is 23.0. The van der Waals surface area contributed by atoms with Crippen LogP contribution in [0.15, 0.2) is 30.3 Å². The second-order valence-electron chi connectivity index (χ2n) is 8.91. The first-order valence-corrected chi connectivity index (χ1v) is 13.2. The van der Waals surface area contributed by atoms with Gasteiger partial charge in [-0.1, -0.05) is 62.4 Å². The molecule has 0 aromatic heterocycles. The van der Waals surface area contributed by atoms with Crippen molar-refractivity contribution in [1.82, 2.24) is 4.90 Å². The molecule has 9 heteroatoms. The van der Waals surface area contributed by atoms with Crippen LogP contribution in [-0.2, 0) is 20.6 Å². The number of unbranched alkanes of at least 4 members (excludes halogenated alkanes) is 1. The van der Waals surface area contributed by atoms with E-state index < -0.39 is 31.4 Å². The van der Waals surface area contributed by atoms with Crippen LogP contribution in [-0.4, -0.2) is 41.7 Å². The summed E-state index contributed by atoms with van der Waals surface area (Å²) in [5.41, 5.74) is 1.16. The third kappa shape index (κ3) is 9.19. The Hall–Kier alpha value is 0.350. The number of benzene rings is 1. The molecule has 0 N–H and O–H groups in total. The maximum absolute atomic E-state index is 12.7. The number of rotatable bonds is 9. The van der Waals surface area contributed by atoms with Crippen molar-refractivity contribution in [2.24, 2.45) is 11.8 Å². The van der Waals surface area contributed by atoms with E-state index >= 15 is 0 Å². The molecule has 0 spiro atoms. The Morgan fingerprint density at radius 1 is 1.00 bits per heavy atom. The standard InChI is InChI=1S/C23H34NO5P.2Na/c25-22(17-30(28,29)14-8-7-11-18-9-3-1-4-10-18)24-16-20(15-21(24)23(26)27)19-12-5-2-6-13-19;;/h1,3-4,9-10,19-21H,2,5-8,11-17H2,(H,26,27)(H,28,29);;/q;2*+1/p-2/t20-,21-;;/m1../s1. The van der Waals surface area contributed by atoms with Crippen LogP contribution < -0.4 is 69.1 Å². The fraction of sp³-hybridized carbons (Fsp3) is 0.652. The van der Waals surface area contributed by atoms with Gasteiger partial charge in [0.05, 0.1) is 18.2 Å². The molecule has 1 unspecified atom stereocenters. The molecular formula is C23H32NNa2O5P. The number of carboxylic acid groups (broad SMARTS) is 1. The van der Waals surface area contributed by atoms with Gasteiger partial charge in [0.15, 0.2) is 0 Å². The van der Waals surface area contributed by atoms with Crippen molar-refractivity contribution in [3.8, 4) is 0 Å². The first-order valence-electron chi connectivity index (χ1n) is 11.2. The molecule has 1 saturated heterocycles. The van der Waals surface area contributed by atoms with E-state index in [-0.39, 0.29) is 71.2 Å². The van der Waals surface area contributed by atoms with Gasteiger partial charge in [-0.15, -0.1) is 0 Å². The Balaban J connectivity index is 0.00000256. The molecule has 32 heavy (non-hydrogen) atoms. The Labute approximate surface area is 235 Å². The van der Waals surface area contributed by atoms with Gasteiger partial charge >= 0.3 is 59.1 Å². The predicted octanol–water partition coefficient (Wildman–Crippen LogP) is -3.80. The van der Waals surface area contributed by atoms with E-state index in [1.54, 1.807) is 0 Å². The van der Waals surface area contributed by atoms with Crippen LogP contribution in [0.2, 0.25) is 0 Å². The van der Waals surface area contributed by atoms with Gasteiger partial charge in [-0.05, 0) is 49.2 Å².